The van der Waals surface area contributed by atoms with Crippen molar-refractivity contribution in [2.75, 3.05) is 11.9 Å². The molecule has 160 valence electrons. The SMILES string of the molecule is NC(=O)CCNC(=O)c1ccccc1Nc1ccc2c(/C=C/c3ccccn3)n[nH]c2c1. The second kappa shape index (κ2) is 9.57. The minimum Gasteiger partial charge on any atom is -0.370 e. The standard InChI is InChI=1S/C24H22N6O2/c25-23(31)12-14-27-24(32)19-6-1-2-7-20(19)28-17-8-10-18-21(29-30-22(18)15-17)11-9-16-5-3-4-13-26-16/h1-11,13,15,28H,12,14H2,(H2,25,31)(H,27,32)(H,29,30)/b11-9+. The van der Waals surface area contributed by atoms with Crippen molar-refractivity contribution >= 4 is 46.2 Å². The van der Waals surface area contributed by atoms with Crippen LogP contribution in [0.3, 0.4) is 0 Å². The average Bonchev–Trinajstić information content (AvgIpc) is 3.20. The van der Waals surface area contributed by atoms with Gasteiger partial charge in [0.2, 0.25) is 5.91 Å². The van der Waals surface area contributed by atoms with Gasteiger partial charge < -0.3 is 16.4 Å². The number of nitrogens with two attached hydrogens (primary N) is 1. The number of primary amides is 1. The molecule has 0 radical (unpaired) electrons. The molecule has 0 aliphatic heterocycles. The number of hydrogen-bond donors (Lipinski definition) is 4. The van der Waals surface area contributed by atoms with Crippen molar-refractivity contribution in [2.45, 2.75) is 6.42 Å². The van der Waals surface area contributed by atoms with Gasteiger partial charge in [0.25, 0.3) is 5.91 Å². The number of H-pyrrole nitrogens is 1. The molecular weight excluding hydrogens is 404 g/mol. The molecule has 5 N–H and O–H groups in total. The molecule has 2 aromatic carbocycles. The fourth-order valence-corrected chi connectivity index (χ4v) is 3.22. The molecule has 2 amide bonds. The molecule has 0 atom stereocenters. The lowest BCUT2D eigenvalue weighted by Crippen LogP contribution is -2.28. The maximum absolute atomic E-state index is 12.5. The monoisotopic (exact) mass is 426 g/mol. The lowest BCUT2D eigenvalue weighted by molar-refractivity contribution is -0.117. The van der Waals surface area contributed by atoms with E-state index in [-0.39, 0.29) is 18.9 Å². The first-order valence-electron chi connectivity index (χ1n) is 10.1. The van der Waals surface area contributed by atoms with E-state index in [1.165, 1.54) is 0 Å². The highest BCUT2D eigenvalue weighted by atomic mass is 16.2. The van der Waals surface area contributed by atoms with Crippen LogP contribution in [0, 0.1) is 0 Å². The van der Waals surface area contributed by atoms with Gasteiger partial charge >= 0.3 is 0 Å². The number of aromatic nitrogens is 3. The van der Waals surface area contributed by atoms with E-state index in [1.807, 2.05) is 60.7 Å². The molecule has 4 rings (SSSR count). The van der Waals surface area contributed by atoms with Crippen LogP contribution in [0.2, 0.25) is 0 Å². The first-order valence-corrected chi connectivity index (χ1v) is 10.1. The third-order valence-corrected chi connectivity index (χ3v) is 4.80. The van der Waals surface area contributed by atoms with Crippen LogP contribution in [0.15, 0.2) is 66.9 Å². The van der Waals surface area contributed by atoms with Crippen LogP contribution in [0.1, 0.15) is 28.2 Å². The van der Waals surface area contributed by atoms with Crippen LogP contribution >= 0.6 is 0 Å². The Labute approximate surface area is 184 Å². The molecule has 8 nitrogen and oxygen atoms in total. The van der Waals surface area contributed by atoms with E-state index in [0.717, 1.165) is 28.0 Å². The average molecular weight is 426 g/mol. The van der Waals surface area contributed by atoms with E-state index in [9.17, 15) is 9.59 Å². The van der Waals surface area contributed by atoms with Gasteiger partial charge in [-0.15, -0.1) is 0 Å². The lowest BCUT2D eigenvalue weighted by atomic mass is 10.1. The van der Waals surface area contributed by atoms with Crippen LogP contribution in [0.5, 0.6) is 0 Å². The molecule has 2 heterocycles. The molecule has 0 unspecified atom stereocenters. The zero-order valence-corrected chi connectivity index (χ0v) is 17.2. The second-order valence-corrected chi connectivity index (χ2v) is 7.10. The number of rotatable bonds is 8. The molecule has 0 bridgehead atoms. The number of nitrogens with one attached hydrogen (secondary N) is 3. The van der Waals surface area contributed by atoms with Crippen LogP contribution in [-0.2, 0) is 4.79 Å². The molecule has 0 spiro atoms. The quantitative estimate of drug-likeness (QED) is 0.343. The highest BCUT2D eigenvalue weighted by Gasteiger charge is 2.12. The van der Waals surface area contributed by atoms with Crippen molar-refractivity contribution in [3.05, 3.63) is 83.8 Å². The zero-order chi connectivity index (χ0) is 22.3. The smallest absolute Gasteiger partial charge is 0.253 e. The largest absolute Gasteiger partial charge is 0.370 e. The van der Waals surface area contributed by atoms with Crippen molar-refractivity contribution in [3.63, 3.8) is 0 Å². The number of pyridine rings is 1. The summed E-state index contributed by atoms with van der Waals surface area (Å²) in [7, 11) is 0. The number of fused-ring (bicyclic) bond motifs is 1. The molecule has 0 aliphatic carbocycles. The van der Waals surface area contributed by atoms with Crippen LogP contribution in [0.25, 0.3) is 23.1 Å². The summed E-state index contributed by atoms with van der Waals surface area (Å²) in [5.41, 5.74) is 9.58. The van der Waals surface area contributed by atoms with E-state index in [0.29, 0.717) is 11.3 Å². The fourth-order valence-electron chi connectivity index (χ4n) is 3.22. The summed E-state index contributed by atoms with van der Waals surface area (Å²) < 4.78 is 0. The van der Waals surface area contributed by atoms with E-state index in [1.54, 1.807) is 18.3 Å². The van der Waals surface area contributed by atoms with Gasteiger partial charge in [0.15, 0.2) is 0 Å². The van der Waals surface area contributed by atoms with Gasteiger partial charge in [0.1, 0.15) is 0 Å². The van der Waals surface area contributed by atoms with E-state index in [4.69, 9.17) is 5.73 Å². The van der Waals surface area contributed by atoms with Crippen molar-refractivity contribution in [1.82, 2.24) is 20.5 Å². The maximum Gasteiger partial charge on any atom is 0.253 e. The number of carbonyl (C=O) groups excluding carboxylic acids is 2. The number of para-hydroxylation sites is 1. The minimum absolute atomic E-state index is 0.0922. The molecule has 32 heavy (non-hydrogen) atoms. The van der Waals surface area contributed by atoms with E-state index >= 15 is 0 Å². The van der Waals surface area contributed by atoms with Gasteiger partial charge in [0.05, 0.1) is 28.2 Å². The number of anilines is 2. The summed E-state index contributed by atoms with van der Waals surface area (Å²) in [6.45, 7) is 0.192. The molecule has 0 saturated carbocycles. The third kappa shape index (κ3) is 4.99. The fraction of sp³-hybridized carbons (Fsp3) is 0.0833. The Morgan fingerprint density at radius 3 is 2.69 bits per heavy atom. The number of hydrogen-bond acceptors (Lipinski definition) is 5. The maximum atomic E-state index is 12.5. The van der Waals surface area contributed by atoms with Crippen molar-refractivity contribution in [3.8, 4) is 0 Å². The highest BCUT2D eigenvalue weighted by Crippen LogP contribution is 2.26. The van der Waals surface area contributed by atoms with Crippen molar-refractivity contribution in [2.24, 2.45) is 5.73 Å². The Morgan fingerprint density at radius 2 is 1.88 bits per heavy atom. The third-order valence-electron chi connectivity index (χ3n) is 4.80. The Kier molecular flexibility index (Phi) is 6.22. The van der Waals surface area contributed by atoms with Gasteiger partial charge in [-0.3, -0.25) is 19.7 Å². The van der Waals surface area contributed by atoms with Gasteiger partial charge in [-0.2, -0.15) is 5.10 Å². The van der Waals surface area contributed by atoms with Gasteiger partial charge in [0, 0.05) is 30.2 Å². The highest BCUT2D eigenvalue weighted by molar-refractivity contribution is 6.01. The molecular formula is C24H22N6O2. The minimum atomic E-state index is -0.459. The molecule has 0 fully saturated rings. The Morgan fingerprint density at radius 1 is 1.03 bits per heavy atom. The van der Waals surface area contributed by atoms with Crippen molar-refractivity contribution < 1.29 is 9.59 Å². The zero-order valence-electron chi connectivity index (χ0n) is 17.2. The number of nitrogens with zero attached hydrogens (tertiary/aromatic N) is 2. The van der Waals surface area contributed by atoms with Crippen LogP contribution in [0.4, 0.5) is 11.4 Å². The van der Waals surface area contributed by atoms with E-state index in [2.05, 4.69) is 25.8 Å². The summed E-state index contributed by atoms with van der Waals surface area (Å²) in [5.74, 6) is -0.738. The molecule has 0 aliphatic rings. The van der Waals surface area contributed by atoms with Crippen molar-refractivity contribution in [1.29, 1.82) is 0 Å². The Bertz CT molecular complexity index is 1280. The predicted octanol–water partition coefficient (Wildman–Crippen LogP) is 3.48. The number of carbonyl (C=O) groups is 2. The van der Waals surface area contributed by atoms with Gasteiger partial charge in [-0.05, 0) is 54.6 Å². The van der Waals surface area contributed by atoms with Gasteiger partial charge in [-0.25, -0.2) is 0 Å². The van der Waals surface area contributed by atoms with Crippen LogP contribution < -0.4 is 16.4 Å². The van der Waals surface area contributed by atoms with E-state index < -0.39 is 5.91 Å². The molecule has 2 aromatic heterocycles. The number of benzene rings is 2. The second-order valence-electron chi connectivity index (χ2n) is 7.10. The summed E-state index contributed by atoms with van der Waals surface area (Å²) in [6, 6.07) is 18.7. The number of aromatic amines is 1. The summed E-state index contributed by atoms with van der Waals surface area (Å²) in [5, 5.41) is 14.4. The van der Waals surface area contributed by atoms with Gasteiger partial charge in [-0.1, -0.05) is 18.2 Å². The topological polar surface area (TPSA) is 126 Å². The molecule has 8 heteroatoms. The lowest BCUT2D eigenvalue weighted by Gasteiger charge is -2.12. The number of amides is 2. The Balaban J connectivity index is 1.51. The molecule has 0 saturated heterocycles. The van der Waals surface area contributed by atoms with Crippen LogP contribution in [-0.4, -0.2) is 33.5 Å². The summed E-state index contributed by atoms with van der Waals surface area (Å²) in [4.78, 5) is 27.7. The first-order chi connectivity index (χ1) is 15.6. The normalized spacial score (nSPS) is 11.0. The summed E-state index contributed by atoms with van der Waals surface area (Å²) in [6.07, 6.45) is 5.67. The Hall–Kier alpha value is -4.46. The first kappa shape index (κ1) is 20.8. The predicted molar refractivity (Wildman–Crippen MR) is 125 cm³/mol. The summed E-state index contributed by atoms with van der Waals surface area (Å²) >= 11 is 0. The molecule has 4 aromatic rings.